The average molecular weight is 206 g/mol. The van der Waals surface area contributed by atoms with E-state index in [4.69, 9.17) is 0 Å². The van der Waals surface area contributed by atoms with Crippen molar-refractivity contribution in [2.75, 3.05) is 6.54 Å². The summed E-state index contributed by atoms with van der Waals surface area (Å²) in [6.07, 6.45) is 2.64. The molecule has 15 heavy (non-hydrogen) atoms. The minimum atomic E-state index is 0.108. The summed E-state index contributed by atoms with van der Waals surface area (Å²) in [4.78, 5) is 11.2. The summed E-state index contributed by atoms with van der Waals surface area (Å²) in [6.45, 7) is 5.93. The lowest BCUT2D eigenvalue weighted by atomic mass is 10.3. The molecule has 0 aromatic carbocycles. The van der Waals surface area contributed by atoms with Crippen molar-refractivity contribution in [1.29, 1.82) is 0 Å². The second-order valence-corrected chi connectivity index (χ2v) is 4.35. The smallest absolute Gasteiger partial charge is 0.182 e. The van der Waals surface area contributed by atoms with Gasteiger partial charge in [0.05, 0.1) is 0 Å². The Morgan fingerprint density at radius 1 is 1.33 bits per heavy atom. The van der Waals surface area contributed by atoms with Gasteiger partial charge in [-0.1, -0.05) is 0 Å². The molecule has 1 aliphatic carbocycles. The number of aromatic nitrogens is 1. The zero-order chi connectivity index (χ0) is 10.8. The maximum atomic E-state index is 11.2. The van der Waals surface area contributed by atoms with Gasteiger partial charge in [-0.25, -0.2) is 0 Å². The van der Waals surface area contributed by atoms with E-state index in [2.05, 4.69) is 9.88 Å². The highest BCUT2D eigenvalue weighted by Crippen LogP contribution is 2.18. The molecule has 2 rings (SSSR count). The molecule has 0 bridgehead atoms. The van der Waals surface area contributed by atoms with Gasteiger partial charge >= 0.3 is 0 Å². The molecule has 0 saturated heterocycles. The van der Waals surface area contributed by atoms with E-state index in [0.717, 1.165) is 30.5 Å². The SMILES string of the molecule is Cc1cc(=O)cc(C)n1CCNC1CC1. The van der Waals surface area contributed by atoms with Crippen LogP contribution in [0.25, 0.3) is 0 Å². The summed E-state index contributed by atoms with van der Waals surface area (Å²) >= 11 is 0. The van der Waals surface area contributed by atoms with Crippen LogP contribution in [0, 0.1) is 13.8 Å². The van der Waals surface area contributed by atoms with Gasteiger partial charge in [-0.15, -0.1) is 0 Å². The quantitative estimate of drug-likeness (QED) is 0.803. The summed E-state index contributed by atoms with van der Waals surface area (Å²) in [5.41, 5.74) is 2.21. The second-order valence-electron chi connectivity index (χ2n) is 4.35. The van der Waals surface area contributed by atoms with E-state index in [1.807, 2.05) is 13.8 Å². The first-order valence-electron chi connectivity index (χ1n) is 5.58. The highest BCUT2D eigenvalue weighted by atomic mass is 16.1. The Labute approximate surface area is 90.1 Å². The van der Waals surface area contributed by atoms with Gasteiger partial charge in [-0.3, -0.25) is 4.79 Å². The Morgan fingerprint density at radius 3 is 2.47 bits per heavy atom. The predicted octanol–water partition coefficient (Wildman–Crippen LogP) is 1.22. The van der Waals surface area contributed by atoms with Gasteiger partial charge in [-0.2, -0.15) is 0 Å². The van der Waals surface area contributed by atoms with E-state index in [-0.39, 0.29) is 5.43 Å². The molecular weight excluding hydrogens is 188 g/mol. The fourth-order valence-electron chi connectivity index (χ4n) is 1.91. The molecule has 1 N–H and O–H groups in total. The van der Waals surface area contributed by atoms with Gasteiger partial charge in [0.1, 0.15) is 0 Å². The Hall–Kier alpha value is -1.09. The van der Waals surface area contributed by atoms with Crippen molar-refractivity contribution in [3.63, 3.8) is 0 Å². The topological polar surface area (TPSA) is 34.0 Å². The van der Waals surface area contributed by atoms with E-state index in [0.29, 0.717) is 0 Å². The summed E-state index contributed by atoms with van der Waals surface area (Å²) in [5.74, 6) is 0. The number of aryl methyl sites for hydroxylation is 2. The molecule has 3 nitrogen and oxygen atoms in total. The average Bonchev–Trinajstić information content (AvgIpc) is 2.93. The molecule has 0 spiro atoms. The van der Waals surface area contributed by atoms with E-state index >= 15 is 0 Å². The molecule has 1 aromatic rings. The van der Waals surface area contributed by atoms with Crippen LogP contribution >= 0.6 is 0 Å². The fourth-order valence-corrected chi connectivity index (χ4v) is 1.91. The van der Waals surface area contributed by atoms with Crippen LogP contribution in [0.4, 0.5) is 0 Å². The first-order valence-corrected chi connectivity index (χ1v) is 5.58. The Morgan fingerprint density at radius 2 is 1.93 bits per heavy atom. The molecule has 0 atom stereocenters. The third-order valence-electron chi connectivity index (χ3n) is 2.90. The third kappa shape index (κ3) is 2.69. The number of hydrogen-bond donors (Lipinski definition) is 1. The lowest BCUT2D eigenvalue weighted by Gasteiger charge is -2.14. The number of hydrogen-bond acceptors (Lipinski definition) is 2. The first kappa shape index (κ1) is 10.4. The predicted molar refractivity (Wildman–Crippen MR) is 61.2 cm³/mol. The van der Waals surface area contributed by atoms with E-state index in [1.54, 1.807) is 12.1 Å². The summed E-state index contributed by atoms with van der Waals surface area (Å²) < 4.78 is 2.19. The van der Waals surface area contributed by atoms with E-state index in [9.17, 15) is 4.79 Å². The van der Waals surface area contributed by atoms with Gasteiger partial charge in [0.2, 0.25) is 0 Å². The van der Waals surface area contributed by atoms with E-state index in [1.165, 1.54) is 12.8 Å². The summed E-state index contributed by atoms with van der Waals surface area (Å²) in [6, 6.07) is 4.15. The standard InChI is InChI=1S/C12H18N2O/c1-9-7-12(15)8-10(2)14(9)6-5-13-11-3-4-11/h7-8,11,13H,3-6H2,1-2H3. The molecule has 82 valence electrons. The maximum absolute atomic E-state index is 11.2. The van der Waals surface area contributed by atoms with Crippen LogP contribution in [0.1, 0.15) is 24.2 Å². The highest BCUT2D eigenvalue weighted by Gasteiger charge is 2.19. The maximum Gasteiger partial charge on any atom is 0.182 e. The molecule has 1 saturated carbocycles. The fraction of sp³-hybridized carbons (Fsp3) is 0.583. The van der Waals surface area contributed by atoms with E-state index < -0.39 is 0 Å². The zero-order valence-electron chi connectivity index (χ0n) is 9.42. The zero-order valence-corrected chi connectivity index (χ0v) is 9.42. The summed E-state index contributed by atoms with van der Waals surface area (Å²) in [5, 5.41) is 3.48. The van der Waals surface area contributed by atoms with Crippen molar-refractivity contribution in [3.8, 4) is 0 Å². The van der Waals surface area contributed by atoms with Crippen LogP contribution in [-0.2, 0) is 6.54 Å². The molecule has 0 aliphatic heterocycles. The number of pyridine rings is 1. The van der Waals surface area contributed by atoms with Crippen molar-refractivity contribution in [1.82, 2.24) is 9.88 Å². The lowest BCUT2D eigenvalue weighted by molar-refractivity contribution is 0.574. The Kier molecular flexibility index (Phi) is 2.91. The van der Waals surface area contributed by atoms with Crippen LogP contribution in [0.3, 0.4) is 0 Å². The molecular formula is C12H18N2O. The third-order valence-corrected chi connectivity index (χ3v) is 2.90. The molecule has 1 fully saturated rings. The lowest BCUT2D eigenvalue weighted by Crippen LogP contribution is -2.24. The molecule has 3 heteroatoms. The van der Waals surface area contributed by atoms with Gasteiger partial charge in [-0.05, 0) is 26.7 Å². The van der Waals surface area contributed by atoms with Crippen LogP contribution < -0.4 is 10.7 Å². The van der Waals surface area contributed by atoms with Crippen LogP contribution in [0.15, 0.2) is 16.9 Å². The van der Waals surface area contributed by atoms with Gasteiger partial charge in [0, 0.05) is 42.7 Å². The molecule has 0 radical (unpaired) electrons. The molecule has 1 heterocycles. The number of nitrogens with one attached hydrogen (secondary N) is 1. The normalized spacial score (nSPS) is 15.6. The van der Waals surface area contributed by atoms with Crippen molar-refractivity contribution < 1.29 is 0 Å². The van der Waals surface area contributed by atoms with Gasteiger partial charge < -0.3 is 9.88 Å². The van der Waals surface area contributed by atoms with Crippen LogP contribution in [0.2, 0.25) is 0 Å². The van der Waals surface area contributed by atoms with Crippen molar-refractivity contribution >= 4 is 0 Å². The molecule has 1 aromatic heterocycles. The van der Waals surface area contributed by atoms with Crippen molar-refractivity contribution in [3.05, 3.63) is 33.7 Å². The van der Waals surface area contributed by atoms with Crippen molar-refractivity contribution in [2.24, 2.45) is 0 Å². The Bertz CT molecular complexity index is 378. The van der Waals surface area contributed by atoms with Gasteiger partial charge in [0.25, 0.3) is 0 Å². The number of nitrogens with zero attached hydrogens (tertiary/aromatic N) is 1. The monoisotopic (exact) mass is 206 g/mol. The molecule has 1 aliphatic rings. The van der Waals surface area contributed by atoms with Crippen LogP contribution in [-0.4, -0.2) is 17.2 Å². The minimum absolute atomic E-state index is 0.108. The minimum Gasteiger partial charge on any atom is -0.348 e. The molecule has 0 unspecified atom stereocenters. The molecule has 0 amide bonds. The van der Waals surface area contributed by atoms with Gasteiger partial charge in [0.15, 0.2) is 5.43 Å². The first-order chi connectivity index (χ1) is 7.16. The van der Waals surface area contributed by atoms with Crippen LogP contribution in [0.5, 0.6) is 0 Å². The van der Waals surface area contributed by atoms with Crippen molar-refractivity contribution in [2.45, 2.75) is 39.3 Å². The summed E-state index contributed by atoms with van der Waals surface area (Å²) in [7, 11) is 0. The Balaban J connectivity index is 2.02. The second kappa shape index (κ2) is 4.19. The largest absolute Gasteiger partial charge is 0.348 e. The highest BCUT2D eigenvalue weighted by molar-refractivity contribution is 5.12. The number of rotatable bonds is 4.